The monoisotopic (exact) mass is 634 g/mol. The van der Waals surface area contributed by atoms with Crippen LogP contribution >= 0.6 is 0 Å². The predicted octanol–water partition coefficient (Wildman–Crippen LogP) is 3.81. The summed E-state index contributed by atoms with van der Waals surface area (Å²) in [7, 11) is 0. The number of carbonyl (C=O) groups is 2. The molecule has 10 nitrogen and oxygen atoms in total. The van der Waals surface area contributed by atoms with Crippen molar-refractivity contribution in [3.8, 4) is 0 Å². The zero-order valence-electron chi connectivity index (χ0n) is 27.5. The minimum atomic E-state index is -0.837. The van der Waals surface area contributed by atoms with Crippen LogP contribution < -0.4 is 10.2 Å². The Hall–Kier alpha value is -3.18. The van der Waals surface area contributed by atoms with Crippen molar-refractivity contribution in [2.45, 2.75) is 78.0 Å². The number of nitrogens with one attached hydrogen (secondary N) is 1. The van der Waals surface area contributed by atoms with Crippen LogP contribution in [0.1, 0.15) is 51.7 Å². The van der Waals surface area contributed by atoms with E-state index in [0.29, 0.717) is 55.9 Å². The molecule has 2 aliphatic heterocycles. The lowest BCUT2D eigenvalue weighted by atomic mass is 9.45. The Balaban J connectivity index is 1.09. The number of rotatable bonds is 9. The molecular weight excluding hydrogens is 584 g/mol. The van der Waals surface area contributed by atoms with Gasteiger partial charge in [-0.1, -0.05) is 63.2 Å². The van der Waals surface area contributed by atoms with E-state index in [9.17, 15) is 19.8 Å². The Kier molecular flexibility index (Phi) is 9.62. The third kappa shape index (κ3) is 6.50. The number of benzene rings is 2. The molecule has 250 valence electrons. The second-order valence-corrected chi connectivity index (χ2v) is 14.4. The van der Waals surface area contributed by atoms with Crippen LogP contribution in [0, 0.1) is 29.1 Å². The van der Waals surface area contributed by atoms with Gasteiger partial charge in [-0.15, -0.1) is 0 Å². The topological polar surface area (TPSA) is 115 Å². The molecule has 3 saturated carbocycles. The Morgan fingerprint density at radius 2 is 1.76 bits per heavy atom. The minimum Gasteiger partial charge on any atom is -0.445 e. The molecule has 8 atom stereocenters. The molecule has 0 aromatic heterocycles. The van der Waals surface area contributed by atoms with E-state index in [1.165, 1.54) is 6.42 Å². The van der Waals surface area contributed by atoms with Gasteiger partial charge in [0.25, 0.3) is 0 Å². The standard InChI is InChI=1S/C36H50N4O6/c1-23-29-18-27(36(29,3)4)19-30(23)37-34(43)33-32(24(2)42)31(21-41)46-40(33)20-26-11-8-12-28(17-26)38-13-15-39(16-14-38)35(44)45-22-25-9-6-5-7-10-25/h5-12,17,23-24,27,29-33,41-42H,13-16,18-22H2,1-4H3,(H,37,43)/t23-,24-,27+,29-,30-,31-,32+,33-/m0/s1. The number of aliphatic hydroxyl groups is 2. The van der Waals surface area contributed by atoms with Crippen molar-refractivity contribution in [2.75, 3.05) is 37.7 Å². The van der Waals surface area contributed by atoms with E-state index in [1.54, 1.807) is 16.9 Å². The number of nitrogens with zero attached hydrogens (tertiary/aromatic N) is 3. The summed E-state index contributed by atoms with van der Waals surface area (Å²) in [6.45, 7) is 11.4. The molecule has 7 rings (SSSR count). The number of aliphatic hydroxyl groups excluding tert-OH is 2. The van der Waals surface area contributed by atoms with Crippen LogP contribution in [0.3, 0.4) is 0 Å². The van der Waals surface area contributed by atoms with E-state index in [4.69, 9.17) is 9.57 Å². The Morgan fingerprint density at radius 3 is 2.41 bits per heavy atom. The smallest absolute Gasteiger partial charge is 0.410 e. The van der Waals surface area contributed by atoms with Crippen molar-refractivity contribution in [2.24, 2.45) is 29.1 Å². The fourth-order valence-corrected chi connectivity index (χ4v) is 8.47. The largest absolute Gasteiger partial charge is 0.445 e. The summed E-state index contributed by atoms with van der Waals surface area (Å²) in [6, 6.07) is 17.2. The van der Waals surface area contributed by atoms with Crippen LogP contribution in [-0.2, 0) is 27.5 Å². The zero-order valence-corrected chi connectivity index (χ0v) is 27.5. The number of fused-ring (bicyclic) bond motifs is 2. The SMILES string of the molecule is C[C@@H]1[C@@H](NC(=O)[C@@H]2[C@H]([C@H](C)O)[C@H](CO)ON2Cc2cccc(N3CCN(C(=O)OCc4ccccc4)CC3)c2)C[C@H]2C[C@@H]1C2(C)C. The molecule has 2 heterocycles. The quantitative estimate of drug-likeness (QED) is 0.382. The molecule has 0 radical (unpaired) electrons. The molecule has 2 amide bonds. The van der Waals surface area contributed by atoms with Crippen molar-refractivity contribution in [1.29, 1.82) is 0 Å². The highest BCUT2D eigenvalue weighted by atomic mass is 16.7. The second kappa shape index (κ2) is 13.5. The third-order valence-corrected chi connectivity index (χ3v) is 11.4. The summed E-state index contributed by atoms with van der Waals surface area (Å²) in [5.41, 5.74) is 3.26. The normalized spacial score (nSPS) is 31.2. The van der Waals surface area contributed by atoms with E-state index >= 15 is 0 Å². The minimum absolute atomic E-state index is 0.0894. The molecular formula is C36H50N4O6. The van der Waals surface area contributed by atoms with Crippen LogP contribution in [-0.4, -0.2) is 89.3 Å². The average molecular weight is 635 g/mol. The van der Waals surface area contributed by atoms with Gasteiger partial charge in [-0.25, -0.2) is 4.79 Å². The molecule has 3 aliphatic carbocycles. The van der Waals surface area contributed by atoms with Crippen molar-refractivity contribution in [3.63, 3.8) is 0 Å². The highest BCUT2D eigenvalue weighted by molar-refractivity contribution is 5.83. The zero-order chi connectivity index (χ0) is 32.6. The van der Waals surface area contributed by atoms with Crippen molar-refractivity contribution in [1.82, 2.24) is 15.3 Å². The predicted molar refractivity (Wildman–Crippen MR) is 174 cm³/mol. The maximum absolute atomic E-state index is 14.0. The van der Waals surface area contributed by atoms with Crippen LogP contribution in [0.2, 0.25) is 0 Å². The number of carbonyl (C=O) groups excluding carboxylic acids is 2. The first-order valence-electron chi connectivity index (χ1n) is 16.9. The number of piperazine rings is 1. The number of ether oxygens (including phenoxy) is 1. The molecule has 5 fully saturated rings. The van der Waals surface area contributed by atoms with Crippen molar-refractivity contribution >= 4 is 17.7 Å². The Labute approximate surface area is 272 Å². The first kappa shape index (κ1) is 32.7. The van der Waals surface area contributed by atoms with E-state index in [0.717, 1.165) is 23.2 Å². The lowest BCUT2D eigenvalue weighted by Crippen LogP contribution is -2.62. The van der Waals surface area contributed by atoms with Gasteiger partial charge in [0, 0.05) is 43.8 Å². The molecule has 10 heteroatoms. The van der Waals surface area contributed by atoms with Gasteiger partial charge in [-0.3, -0.25) is 9.63 Å². The maximum atomic E-state index is 14.0. The summed E-state index contributed by atoms with van der Waals surface area (Å²) >= 11 is 0. The summed E-state index contributed by atoms with van der Waals surface area (Å²) in [4.78, 5) is 36.8. The van der Waals surface area contributed by atoms with Crippen LogP contribution in [0.5, 0.6) is 0 Å². The molecule has 0 spiro atoms. The van der Waals surface area contributed by atoms with E-state index in [1.807, 2.05) is 48.5 Å². The number of amides is 2. The van der Waals surface area contributed by atoms with E-state index < -0.39 is 24.2 Å². The first-order valence-corrected chi connectivity index (χ1v) is 16.9. The average Bonchev–Trinajstić information content (AvgIpc) is 3.43. The number of anilines is 1. The van der Waals surface area contributed by atoms with Gasteiger partial charge in [0.2, 0.25) is 5.91 Å². The van der Waals surface area contributed by atoms with E-state index in [-0.39, 0.29) is 31.3 Å². The lowest BCUT2D eigenvalue weighted by molar-refractivity contribution is -0.183. The van der Waals surface area contributed by atoms with E-state index in [2.05, 4.69) is 37.1 Å². The van der Waals surface area contributed by atoms with Crippen molar-refractivity contribution < 1.29 is 29.4 Å². The molecule has 2 aromatic carbocycles. The fourth-order valence-electron chi connectivity index (χ4n) is 8.47. The van der Waals surface area contributed by atoms with Crippen LogP contribution in [0.15, 0.2) is 54.6 Å². The number of hydrogen-bond donors (Lipinski definition) is 3. The second-order valence-electron chi connectivity index (χ2n) is 14.4. The number of hydroxylamine groups is 2. The summed E-state index contributed by atoms with van der Waals surface area (Å²) in [6.07, 6.45) is 0.376. The Bertz CT molecular complexity index is 1360. The summed E-state index contributed by atoms with van der Waals surface area (Å²) < 4.78 is 5.53. The van der Waals surface area contributed by atoms with Gasteiger partial charge in [0.1, 0.15) is 18.8 Å². The maximum Gasteiger partial charge on any atom is 0.410 e. The van der Waals surface area contributed by atoms with Gasteiger partial charge in [0.05, 0.1) is 19.3 Å². The van der Waals surface area contributed by atoms with Crippen LogP contribution in [0.25, 0.3) is 0 Å². The van der Waals surface area contributed by atoms with Crippen molar-refractivity contribution in [3.05, 3.63) is 65.7 Å². The molecule has 2 aromatic rings. The highest BCUT2D eigenvalue weighted by Gasteiger charge is 2.57. The molecule has 2 bridgehead atoms. The van der Waals surface area contributed by atoms with Gasteiger partial charge in [-0.2, -0.15) is 5.06 Å². The third-order valence-electron chi connectivity index (χ3n) is 11.4. The summed E-state index contributed by atoms with van der Waals surface area (Å²) in [5, 5.41) is 25.9. The summed E-state index contributed by atoms with van der Waals surface area (Å²) in [5.74, 6) is 0.866. The first-order chi connectivity index (χ1) is 22.1. The lowest BCUT2D eigenvalue weighted by Gasteiger charge is -2.62. The molecule has 5 aliphatic rings. The molecule has 46 heavy (non-hydrogen) atoms. The fraction of sp³-hybridized carbons (Fsp3) is 0.611. The Morgan fingerprint density at radius 1 is 1.04 bits per heavy atom. The molecule has 2 saturated heterocycles. The van der Waals surface area contributed by atoms with Gasteiger partial charge < -0.3 is 30.1 Å². The van der Waals surface area contributed by atoms with Gasteiger partial charge in [-0.05, 0) is 66.2 Å². The molecule has 0 unspecified atom stereocenters. The molecule has 3 N–H and O–H groups in total. The number of hydrogen-bond acceptors (Lipinski definition) is 8. The van der Waals surface area contributed by atoms with Gasteiger partial charge in [0.15, 0.2) is 0 Å². The van der Waals surface area contributed by atoms with Gasteiger partial charge >= 0.3 is 6.09 Å². The highest BCUT2D eigenvalue weighted by Crippen LogP contribution is 2.61. The van der Waals surface area contributed by atoms with Crippen LogP contribution in [0.4, 0.5) is 10.5 Å².